The summed E-state index contributed by atoms with van der Waals surface area (Å²) in [6.45, 7) is 3.18. The first kappa shape index (κ1) is 19.9. The molecule has 0 saturated carbocycles. The molecule has 0 atom stereocenters. The standard InChI is InChI=1S/C17H18Cl2N4O3/c1-17(2,19)16(25)23(10-11-4-6-12(26-3)7-5-11)22-15(24)13-14(18)21-9-8-20-13/h4-9H,10H2,1-3H3,(H,22,24). The maximum Gasteiger partial charge on any atom is 0.291 e. The van der Waals surface area contributed by atoms with Gasteiger partial charge in [-0.25, -0.2) is 15.0 Å². The number of hydrazine groups is 1. The molecule has 7 nitrogen and oxygen atoms in total. The van der Waals surface area contributed by atoms with Crippen LogP contribution in [0.25, 0.3) is 0 Å². The number of alkyl halides is 1. The van der Waals surface area contributed by atoms with E-state index in [2.05, 4.69) is 15.4 Å². The molecule has 2 amide bonds. The molecule has 0 radical (unpaired) electrons. The third-order valence-corrected chi connectivity index (χ3v) is 3.80. The van der Waals surface area contributed by atoms with Crippen molar-refractivity contribution in [3.05, 3.63) is 53.1 Å². The highest BCUT2D eigenvalue weighted by molar-refractivity contribution is 6.34. The molecule has 1 N–H and O–H groups in total. The number of hydrogen-bond donors (Lipinski definition) is 1. The first-order chi connectivity index (χ1) is 12.2. The van der Waals surface area contributed by atoms with Crippen molar-refractivity contribution in [3.63, 3.8) is 0 Å². The summed E-state index contributed by atoms with van der Waals surface area (Å²) in [6.07, 6.45) is 2.70. The lowest BCUT2D eigenvalue weighted by Gasteiger charge is -2.28. The Morgan fingerprint density at radius 1 is 1.19 bits per heavy atom. The first-order valence-electron chi connectivity index (χ1n) is 7.63. The molecule has 0 fully saturated rings. The lowest BCUT2D eigenvalue weighted by molar-refractivity contribution is -0.136. The summed E-state index contributed by atoms with van der Waals surface area (Å²) < 4.78 is 5.11. The van der Waals surface area contributed by atoms with Crippen molar-refractivity contribution in [1.82, 2.24) is 20.4 Å². The SMILES string of the molecule is COc1ccc(CN(NC(=O)c2nccnc2Cl)C(=O)C(C)(C)Cl)cc1. The van der Waals surface area contributed by atoms with Crippen LogP contribution in [0.1, 0.15) is 29.9 Å². The Hall–Kier alpha value is -2.38. The normalized spacial score (nSPS) is 11.0. The van der Waals surface area contributed by atoms with Gasteiger partial charge in [-0.1, -0.05) is 23.7 Å². The van der Waals surface area contributed by atoms with Gasteiger partial charge in [-0.05, 0) is 31.5 Å². The number of methoxy groups -OCH3 is 1. The molecule has 0 saturated heterocycles. The van der Waals surface area contributed by atoms with Gasteiger partial charge >= 0.3 is 0 Å². The predicted molar refractivity (Wildman–Crippen MR) is 98.0 cm³/mol. The van der Waals surface area contributed by atoms with E-state index in [0.717, 1.165) is 10.6 Å². The first-order valence-corrected chi connectivity index (χ1v) is 8.39. The minimum absolute atomic E-state index is 0.0630. The summed E-state index contributed by atoms with van der Waals surface area (Å²) in [6, 6.07) is 7.07. The van der Waals surface area contributed by atoms with Gasteiger partial charge in [0.25, 0.3) is 11.8 Å². The van der Waals surface area contributed by atoms with Crippen molar-refractivity contribution in [2.75, 3.05) is 7.11 Å². The fourth-order valence-electron chi connectivity index (χ4n) is 2.05. The Morgan fingerprint density at radius 3 is 2.35 bits per heavy atom. The van der Waals surface area contributed by atoms with Crippen LogP contribution in [0.15, 0.2) is 36.7 Å². The van der Waals surface area contributed by atoms with E-state index in [-0.39, 0.29) is 17.4 Å². The van der Waals surface area contributed by atoms with Crippen molar-refractivity contribution in [2.24, 2.45) is 0 Å². The minimum atomic E-state index is -1.22. The summed E-state index contributed by atoms with van der Waals surface area (Å²) in [5.74, 6) is -0.464. The number of rotatable bonds is 5. The second-order valence-corrected chi connectivity index (χ2v) is 7.15. The molecule has 1 heterocycles. The lowest BCUT2D eigenvalue weighted by Crippen LogP contribution is -2.51. The molecule has 0 aliphatic heterocycles. The zero-order valence-electron chi connectivity index (χ0n) is 14.5. The Labute approximate surface area is 161 Å². The van der Waals surface area contributed by atoms with Crippen LogP contribution in [-0.2, 0) is 11.3 Å². The molecular weight excluding hydrogens is 379 g/mol. The van der Waals surface area contributed by atoms with Crippen molar-refractivity contribution in [1.29, 1.82) is 0 Å². The molecule has 2 rings (SSSR count). The van der Waals surface area contributed by atoms with E-state index in [1.165, 1.54) is 12.4 Å². The fourth-order valence-corrected chi connectivity index (χ4v) is 2.34. The maximum absolute atomic E-state index is 12.6. The van der Waals surface area contributed by atoms with Crippen molar-refractivity contribution < 1.29 is 14.3 Å². The van der Waals surface area contributed by atoms with E-state index in [0.29, 0.717) is 5.75 Å². The molecule has 1 aromatic carbocycles. The van der Waals surface area contributed by atoms with Gasteiger partial charge in [-0.2, -0.15) is 0 Å². The highest BCUT2D eigenvalue weighted by Gasteiger charge is 2.31. The minimum Gasteiger partial charge on any atom is -0.497 e. The van der Waals surface area contributed by atoms with Crippen LogP contribution in [0.5, 0.6) is 5.75 Å². The van der Waals surface area contributed by atoms with Gasteiger partial charge in [0, 0.05) is 12.4 Å². The van der Waals surface area contributed by atoms with E-state index in [1.807, 2.05) is 0 Å². The maximum atomic E-state index is 12.6. The van der Waals surface area contributed by atoms with Gasteiger partial charge in [-0.15, -0.1) is 11.6 Å². The van der Waals surface area contributed by atoms with Crippen LogP contribution < -0.4 is 10.2 Å². The third kappa shape index (κ3) is 5.06. The zero-order valence-corrected chi connectivity index (χ0v) is 16.0. The summed E-state index contributed by atoms with van der Waals surface area (Å²) in [5.41, 5.74) is 3.18. The number of carbonyl (C=O) groups is 2. The Kier molecular flexibility index (Phi) is 6.39. The van der Waals surface area contributed by atoms with E-state index >= 15 is 0 Å². The van der Waals surface area contributed by atoms with Crippen molar-refractivity contribution in [3.8, 4) is 5.75 Å². The Morgan fingerprint density at radius 2 is 1.81 bits per heavy atom. The van der Waals surface area contributed by atoms with Crippen LogP contribution in [0.3, 0.4) is 0 Å². The van der Waals surface area contributed by atoms with Crippen LogP contribution in [-0.4, -0.2) is 38.8 Å². The zero-order chi connectivity index (χ0) is 19.3. The van der Waals surface area contributed by atoms with Crippen LogP contribution >= 0.6 is 23.2 Å². The average Bonchev–Trinajstić information content (AvgIpc) is 2.60. The largest absolute Gasteiger partial charge is 0.497 e. The Balaban J connectivity index is 2.24. The number of hydrogen-bond acceptors (Lipinski definition) is 5. The predicted octanol–water partition coefficient (Wildman–Crippen LogP) is 2.83. The van der Waals surface area contributed by atoms with E-state index in [1.54, 1.807) is 45.2 Å². The molecule has 0 bridgehead atoms. The third-order valence-electron chi connectivity index (χ3n) is 3.36. The quantitative estimate of drug-likeness (QED) is 0.620. The number of nitrogens with one attached hydrogen (secondary N) is 1. The summed E-state index contributed by atoms with van der Waals surface area (Å²) in [5, 5.41) is 1.06. The fraction of sp³-hybridized carbons (Fsp3) is 0.294. The molecule has 9 heteroatoms. The molecule has 2 aromatic rings. The molecule has 0 unspecified atom stereocenters. The molecule has 1 aromatic heterocycles. The van der Waals surface area contributed by atoms with Gasteiger partial charge in [0.1, 0.15) is 10.6 Å². The summed E-state index contributed by atoms with van der Waals surface area (Å²) in [4.78, 5) is 31.5. The molecule has 138 valence electrons. The highest BCUT2D eigenvalue weighted by Crippen LogP contribution is 2.19. The number of halogens is 2. The van der Waals surface area contributed by atoms with Crippen LogP contribution in [0.4, 0.5) is 0 Å². The van der Waals surface area contributed by atoms with E-state index in [4.69, 9.17) is 27.9 Å². The van der Waals surface area contributed by atoms with E-state index in [9.17, 15) is 9.59 Å². The number of amides is 2. The number of ether oxygens (including phenoxy) is 1. The molecule has 0 aliphatic carbocycles. The van der Waals surface area contributed by atoms with Gasteiger partial charge in [0.15, 0.2) is 10.8 Å². The number of benzene rings is 1. The molecular formula is C17H18Cl2N4O3. The van der Waals surface area contributed by atoms with Gasteiger partial charge < -0.3 is 4.74 Å². The smallest absolute Gasteiger partial charge is 0.291 e. The number of nitrogens with zero attached hydrogens (tertiary/aromatic N) is 3. The summed E-state index contributed by atoms with van der Waals surface area (Å²) >= 11 is 12.0. The van der Waals surface area contributed by atoms with Crippen molar-refractivity contribution >= 4 is 35.0 Å². The van der Waals surface area contributed by atoms with Gasteiger partial charge in [0.05, 0.1) is 13.7 Å². The molecule has 0 aliphatic rings. The molecule has 0 spiro atoms. The van der Waals surface area contributed by atoms with Crippen LogP contribution in [0, 0.1) is 0 Å². The van der Waals surface area contributed by atoms with E-state index < -0.39 is 16.7 Å². The van der Waals surface area contributed by atoms with Crippen LogP contribution in [0.2, 0.25) is 5.15 Å². The second-order valence-electron chi connectivity index (χ2n) is 5.85. The van der Waals surface area contributed by atoms with Gasteiger partial charge in [0.2, 0.25) is 0 Å². The van der Waals surface area contributed by atoms with Crippen molar-refractivity contribution in [2.45, 2.75) is 25.3 Å². The number of carbonyl (C=O) groups excluding carboxylic acids is 2. The lowest BCUT2D eigenvalue weighted by atomic mass is 10.1. The topological polar surface area (TPSA) is 84.4 Å². The average molecular weight is 397 g/mol. The monoisotopic (exact) mass is 396 g/mol. The summed E-state index contributed by atoms with van der Waals surface area (Å²) in [7, 11) is 1.56. The van der Waals surface area contributed by atoms with Gasteiger partial charge in [-0.3, -0.25) is 15.0 Å². The highest BCUT2D eigenvalue weighted by atomic mass is 35.5. The number of aromatic nitrogens is 2. The molecule has 26 heavy (non-hydrogen) atoms. The Bertz CT molecular complexity index is 791. The second kappa shape index (κ2) is 8.33.